The van der Waals surface area contributed by atoms with Crippen molar-refractivity contribution in [3.63, 3.8) is 0 Å². The van der Waals surface area contributed by atoms with E-state index in [1.54, 1.807) is 36.5 Å². The lowest BCUT2D eigenvalue weighted by Crippen LogP contribution is -2.23. The van der Waals surface area contributed by atoms with Crippen LogP contribution in [0.3, 0.4) is 0 Å². The first-order valence-electron chi connectivity index (χ1n) is 8.88. The van der Waals surface area contributed by atoms with Crippen molar-refractivity contribution in [1.29, 1.82) is 0 Å². The molecule has 1 amide bonds. The number of benzene rings is 1. The number of carbonyl (C=O) groups is 2. The average Bonchev–Trinajstić information content (AvgIpc) is 2.69. The Balaban J connectivity index is 1.72. The summed E-state index contributed by atoms with van der Waals surface area (Å²) in [6, 6.07) is 10.8. The maximum absolute atomic E-state index is 12.6. The second-order valence-corrected chi connectivity index (χ2v) is 6.40. The molecule has 0 saturated heterocycles. The smallest absolute Gasteiger partial charge is 0.339 e. The molecule has 0 radical (unpaired) electrons. The number of pyridine rings is 1. The molecule has 3 rings (SSSR count). The number of rotatable bonds is 5. The molecule has 2 aromatic rings. The monoisotopic (exact) mass is 353 g/mol. The van der Waals surface area contributed by atoms with Crippen LogP contribution in [0, 0.1) is 0 Å². The van der Waals surface area contributed by atoms with Crippen molar-refractivity contribution in [2.24, 2.45) is 0 Å². The molecular formula is C20H23N3O3. The van der Waals surface area contributed by atoms with Crippen molar-refractivity contribution >= 4 is 23.3 Å². The van der Waals surface area contributed by atoms with E-state index in [1.807, 2.05) is 6.07 Å². The Hall–Kier alpha value is -2.89. The summed E-state index contributed by atoms with van der Waals surface area (Å²) in [7, 11) is 1.31. The normalized spacial score (nSPS) is 14.5. The third-order valence-electron chi connectivity index (χ3n) is 4.55. The van der Waals surface area contributed by atoms with Gasteiger partial charge in [0, 0.05) is 17.9 Å². The molecule has 0 aliphatic heterocycles. The molecule has 0 atom stereocenters. The lowest BCUT2D eigenvalue weighted by Gasteiger charge is -2.23. The van der Waals surface area contributed by atoms with Crippen molar-refractivity contribution in [2.45, 2.75) is 38.1 Å². The Morgan fingerprint density at radius 1 is 1.12 bits per heavy atom. The molecule has 6 heteroatoms. The highest BCUT2D eigenvalue weighted by Crippen LogP contribution is 2.22. The van der Waals surface area contributed by atoms with E-state index in [0.29, 0.717) is 23.0 Å². The number of methoxy groups -OCH3 is 1. The standard InChI is InChI=1S/C20H23N3O3/c1-26-20(25)16-9-5-6-10-17(16)23-19(24)18-13-15(11-12-21-18)22-14-7-3-2-4-8-14/h5-6,9-14H,2-4,7-8H2,1H3,(H,21,22)(H,23,24). The van der Waals surface area contributed by atoms with Gasteiger partial charge >= 0.3 is 5.97 Å². The van der Waals surface area contributed by atoms with Gasteiger partial charge in [0.2, 0.25) is 0 Å². The van der Waals surface area contributed by atoms with Gasteiger partial charge in [-0.25, -0.2) is 4.79 Å². The predicted molar refractivity (Wildman–Crippen MR) is 100 cm³/mol. The molecular weight excluding hydrogens is 330 g/mol. The molecule has 6 nitrogen and oxygen atoms in total. The second kappa shape index (κ2) is 8.47. The largest absolute Gasteiger partial charge is 0.465 e. The number of amides is 1. The fraction of sp³-hybridized carbons (Fsp3) is 0.350. The molecule has 0 unspecified atom stereocenters. The van der Waals surface area contributed by atoms with Gasteiger partial charge in [-0.3, -0.25) is 9.78 Å². The summed E-state index contributed by atoms with van der Waals surface area (Å²) in [5.41, 5.74) is 1.89. The van der Waals surface area contributed by atoms with Crippen LogP contribution in [0.15, 0.2) is 42.6 Å². The van der Waals surface area contributed by atoms with Gasteiger partial charge in [0.1, 0.15) is 5.69 Å². The summed E-state index contributed by atoms with van der Waals surface area (Å²) in [4.78, 5) is 28.6. The second-order valence-electron chi connectivity index (χ2n) is 6.40. The molecule has 1 aliphatic rings. The Labute approximate surface area is 153 Å². The number of para-hydroxylation sites is 1. The molecule has 1 heterocycles. The zero-order valence-electron chi connectivity index (χ0n) is 14.8. The molecule has 1 aromatic carbocycles. The summed E-state index contributed by atoms with van der Waals surface area (Å²) >= 11 is 0. The van der Waals surface area contributed by atoms with Gasteiger partial charge in [-0.1, -0.05) is 31.4 Å². The lowest BCUT2D eigenvalue weighted by atomic mass is 9.95. The summed E-state index contributed by atoms with van der Waals surface area (Å²) < 4.78 is 4.75. The number of hydrogen-bond donors (Lipinski definition) is 2. The molecule has 1 fully saturated rings. The molecule has 1 aliphatic carbocycles. The van der Waals surface area contributed by atoms with Crippen molar-refractivity contribution < 1.29 is 14.3 Å². The van der Waals surface area contributed by atoms with Gasteiger partial charge in [-0.2, -0.15) is 0 Å². The summed E-state index contributed by atoms with van der Waals surface area (Å²) in [5, 5.41) is 6.23. The van der Waals surface area contributed by atoms with Crippen LogP contribution in [-0.2, 0) is 4.74 Å². The minimum Gasteiger partial charge on any atom is -0.465 e. The number of nitrogens with zero attached hydrogens (tertiary/aromatic N) is 1. The van der Waals surface area contributed by atoms with E-state index in [1.165, 1.54) is 26.4 Å². The number of carbonyl (C=O) groups excluding carboxylic acids is 2. The number of aromatic nitrogens is 1. The van der Waals surface area contributed by atoms with E-state index < -0.39 is 5.97 Å². The minimum absolute atomic E-state index is 0.297. The molecule has 0 bridgehead atoms. The highest BCUT2D eigenvalue weighted by atomic mass is 16.5. The van der Waals surface area contributed by atoms with E-state index >= 15 is 0 Å². The van der Waals surface area contributed by atoms with E-state index in [-0.39, 0.29) is 5.91 Å². The van der Waals surface area contributed by atoms with Crippen LogP contribution in [0.5, 0.6) is 0 Å². The third-order valence-corrected chi connectivity index (χ3v) is 4.55. The van der Waals surface area contributed by atoms with Crippen LogP contribution in [0.25, 0.3) is 0 Å². The number of hydrogen-bond acceptors (Lipinski definition) is 5. The van der Waals surface area contributed by atoms with Gasteiger partial charge in [-0.15, -0.1) is 0 Å². The molecule has 0 spiro atoms. The van der Waals surface area contributed by atoms with Crippen LogP contribution < -0.4 is 10.6 Å². The Bertz CT molecular complexity index is 785. The van der Waals surface area contributed by atoms with Gasteiger partial charge in [0.25, 0.3) is 5.91 Å². The zero-order chi connectivity index (χ0) is 18.4. The Morgan fingerprint density at radius 2 is 1.88 bits per heavy atom. The van der Waals surface area contributed by atoms with E-state index in [0.717, 1.165) is 18.5 Å². The topological polar surface area (TPSA) is 80.3 Å². The van der Waals surface area contributed by atoms with Crippen molar-refractivity contribution in [2.75, 3.05) is 17.7 Å². The van der Waals surface area contributed by atoms with Gasteiger partial charge in [0.15, 0.2) is 0 Å². The van der Waals surface area contributed by atoms with Gasteiger partial charge in [0.05, 0.1) is 18.4 Å². The van der Waals surface area contributed by atoms with E-state index in [9.17, 15) is 9.59 Å². The van der Waals surface area contributed by atoms with Crippen LogP contribution in [0.1, 0.15) is 53.0 Å². The maximum Gasteiger partial charge on any atom is 0.339 e. The van der Waals surface area contributed by atoms with Crippen LogP contribution >= 0.6 is 0 Å². The van der Waals surface area contributed by atoms with Gasteiger partial charge in [-0.05, 0) is 37.1 Å². The zero-order valence-corrected chi connectivity index (χ0v) is 14.8. The molecule has 2 N–H and O–H groups in total. The lowest BCUT2D eigenvalue weighted by molar-refractivity contribution is 0.0602. The van der Waals surface area contributed by atoms with Crippen molar-refractivity contribution in [1.82, 2.24) is 4.98 Å². The molecule has 26 heavy (non-hydrogen) atoms. The first-order chi connectivity index (χ1) is 12.7. The summed E-state index contributed by atoms with van der Waals surface area (Å²) in [5.74, 6) is -0.866. The van der Waals surface area contributed by atoms with Crippen LogP contribution in [0.2, 0.25) is 0 Å². The number of ether oxygens (including phenoxy) is 1. The van der Waals surface area contributed by atoms with E-state index in [4.69, 9.17) is 4.74 Å². The van der Waals surface area contributed by atoms with Crippen molar-refractivity contribution in [3.8, 4) is 0 Å². The van der Waals surface area contributed by atoms with E-state index in [2.05, 4.69) is 15.6 Å². The summed E-state index contributed by atoms with van der Waals surface area (Å²) in [6.45, 7) is 0. The number of anilines is 2. The molecule has 1 saturated carbocycles. The fourth-order valence-electron chi connectivity index (χ4n) is 3.19. The molecule has 136 valence electrons. The fourth-order valence-corrected chi connectivity index (χ4v) is 3.19. The quantitative estimate of drug-likeness (QED) is 0.798. The summed E-state index contributed by atoms with van der Waals surface area (Å²) in [6.07, 6.45) is 7.68. The number of esters is 1. The predicted octanol–water partition coefficient (Wildman–Crippen LogP) is 3.87. The highest BCUT2D eigenvalue weighted by Gasteiger charge is 2.17. The Morgan fingerprint density at radius 3 is 2.65 bits per heavy atom. The van der Waals surface area contributed by atoms with Crippen molar-refractivity contribution in [3.05, 3.63) is 53.9 Å². The Kier molecular flexibility index (Phi) is 5.84. The van der Waals surface area contributed by atoms with Crippen LogP contribution in [0.4, 0.5) is 11.4 Å². The first-order valence-corrected chi connectivity index (χ1v) is 8.88. The SMILES string of the molecule is COC(=O)c1ccccc1NC(=O)c1cc(NC2CCCCC2)ccn1. The molecule has 1 aromatic heterocycles. The third kappa shape index (κ3) is 4.39. The first kappa shape index (κ1) is 17.9. The average molecular weight is 353 g/mol. The minimum atomic E-state index is -0.499. The van der Waals surface area contributed by atoms with Gasteiger partial charge < -0.3 is 15.4 Å². The maximum atomic E-state index is 12.6. The number of nitrogens with one attached hydrogen (secondary N) is 2. The van der Waals surface area contributed by atoms with Crippen LogP contribution in [-0.4, -0.2) is 30.0 Å². The highest BCUT2D eigenvalue weighted by molar-refractivity contribution is 6.07.